The zero-order valence-corrected chi connectivity index (χ0v) is 12.7. The summed E-state index contributed by atoms with van der Waals surface area (Å²) in [6.45, 7) is 9.07. The van der Waals surface area contributed by atoms with E-state index < -0.39 is 0 Å². The van der Waals surface area contributed by atoms with E-state index in [1.807, 2.05) is 18.7 Å². The van der Waals surface area contributed by atoms with E-state index in [2.05, 4.69) is 23.8 Å². The Bertz CT molecular complexity index is 494. The molecule has 2 rings (SSSR count). The molecule has 5 heteroatoms. The van der Waals surface area contributed by atoms with Crippen molar-refractivity contribution in [1.82, 2.24) is 14.9 Å². The molecule has 0 spiro atoms. The highest BCUT2D eigenvalue weighted by molar-refractivity contribution is 5.96. The number of hydrogen-bond donors (Lipinski definition) is 1. The van der Waals surface area contributed by atoms with Gasteiger partial charge in [-0.2, -0.15) is 0 Å². The van der Waals surface area contributed by atoms with Crippen molar-refractivity contribution in [3.8, 4) is 0 Å². The second kappa shape index (κ2) is 5.48. The summed E-state index contributed by atoms with van der Waals surface area (Å²) >= 11 is 0. The molecule has 5 nitrogen and oxygen atoms in total. The van der Waals surface area contributed by atoms with Crippen molar-refractivity contribution in [2.45, 2.75) is 46.6 Å². The lowest BCUT2D eigenvalue weighted by Gasteiger charge is -2.30. The fraction of sp³-hybridized carbons (Fsp3) is 0.667. The van der Waals surface area contributed by atoms with Crippen molar-refractivity contribution in [2.24, 2.45) is 5.41 Å². The molecule has 0 saturated carbocycles. The van der Waals surface area contributed by atoms with Crippen molar-refractivity contribution in [2.75, 3.05) is 13.1 Å². The predicted molar refractivity (Wildman–Crippen MR) is 76.4 cm³/mol. The van der Waals surface area contributed by atoms with Crippen molar-refractivity contribution in [1.29, 1.82) is 0 Å². The Labute approximate surface area is 120 Å². The number of aliphatic hydroxyl groups is 1. The maximum Gasteiger partial charge on any atom is 0.257 e. The predicted octanol–water partition coefficient (Wildman–Crippen LogP) is 1.72. The Hall–Kier alpha value is -1.49. The SMILES string of the molecule is Cc1ncnc(C)c1C(=O)N1CCC(O)CC(C)(C)C1. The molecular weight excluding hydrogens is 254 g/mol. The second-order valence-electron chi connectivity index (χ2n) is 6.46. The molecule has 0 radical (unpaired) electrons. The van der Waals surface area contributed by atoms with Crippen molar-refractivity contribution in [3.63, 3.8) is 0 Å². The number of hydrogen-bond acceptors (Lipinski definition) is 4. The molecule has 1 atom stereocenters. The summed E-state index contributed by atoms with van der Waals surface area (Å²) in [5.74, 6) is -0.0252. The Kier molecular flexibility index (Phi) is 4.09. The van der Waals surface area contributed by atoms with Crippen molar-refractivity contribution < 1.29 is 9.90 Å². The molecule has 1 aliphatic rings. The minimum atomic E-state index is -0.336. The fourth-order valence-electron chi connectivity index (χ4n) is 2.94. The average Bonchev–Trinajstić information content (AvgIpc) is 2.46. The van der Waals surface area contributed by atoms with Gasteiger partial charge in [-0.1, -0.05) is 13.8 Å². The van der Waals surface area contributed by atoms with Gasteiger partial charge in [0.25, 0.3) is 5.91 Å². The molecule has 1 aromatic heterocycles. The first kappa shape index (κ1) is 14.9. The molecule has 1 N–H and O–H groups in total. The monoisotopic (exact) mass is 277 g/mol. The largest absolute Gasteiger partial charge is 0.393 e. The highest BCUT2D eigenvalue weighted by Gasteiger charge is 2.32. The molecule has 0 bridgehead atoms. The number of rotatable bonds is 1. The quantitative estimate of drug-likeness (QED) is 0.848. The third-order valence-electron chi connectivity index (χ3n) is 3.87. The number of aryl methyl sites for hydroxylation is 2. The summed E-state index contributed by atoms with van der Waals surface area (Å²) in [6.07, 6.45) is 2.50. The number of carbonyl (C=O) groups is 1. The maximum absolute atomic E-state index is 12.8. The van der Waals surface area contributed by atoms with Gasteiger partial charge in [-0.15, -0.1) is 0 Å². The van der Waals surface area contributed by atoms with Gasteiger partial charge in [-0.25, -0.2) is 9.97 Å². The van der Waals surface area contributed by atoms with Crippen molar-refractivity contribution in [3.05, 3.63) is 23.3 Å². The molecule has 1 unspecified atom stereocenters. The molecule has 2 heterocycles. The Morgan fingerprint density at radius 3 is 2.55 bits per heavy atom. The van der Waals surface area contributed by atoms with Gasteiger partial charge in [-0.3, -0.25) is 4.79 Å². The van der Waals surface area contributed by atoms with Crippen molar-refractivity contribution >= 4 is 5.91 Å². The highest BCUT2D eigenvalue weighted by Crippen LogP contribution is 2.29. The molecule has 1 amide bonds. The molecule has 20 heavy (non-hydrogen) atoms. The summed E-state index contributed by atoms with van der Waals surface area (Å²) in [7, 11) is 0. The van der Waals surface area contributed by atoms with E-state index in [-0.39, 0.29) is 17.4 Å². The number of carbonyl (C=O) groups excluding carboxylic acids is 1. The van der Waals surface area contributed by atoms with Gasteiger partial charge in [0.15, 0.2) is 0 Å². The molecule has 0 aromatic carbocycles. The highest BCUT2D eigenvalue weighted by atomic mass is 16.3. The van der Waals surface area contributed by atoms with Crippen LogP contribution in [-0.2, 0) is 0 Å². The number of amides is 1. The van der Waals surface area contributed by atoms with Gasteiger partial charge in [0.05, 0.1) is 23.1 Å². The molecule has 110 valence electrons. The van der Waals surface area contributed by atoms with Crippen LogP contribution in [0.1, 0.15) is 48.4 Å². The Morgan fingerprint density at radius 1 is 1.35 bits per heavy atom. The van der Waals surface area contributed by atoms with Crippen LogP contribution in [0.3, 0.4) is 0 Å². The van der Waals surface area contributed by atoms with Crippen LogP contribution in [0.25, 0.3) is 0 Å². The normalized spacial score (nSPS) is 22.4. The first-order valence-corrected chi connectivity index (χ1v) is 7.06. The van der Waals surface area contributed by atoms with Crippen LogP contribution in [0, 0.1) is 19.3 Å². The number of nitrogens with zero attached hydrogens (tertiary/aromatic N) is 3. The average molecular weight is 277 g/mol. The van der Waals surface area contributed by atoms with Crippen LogP contribution in [0.2, 0.25) is 0 Å². The van der Waals surface area contributed by atoms with Crippen LogP contribution < -0.4 is 0 Å². The summed E-state index contributed by atoms with van der Waals surface area (Å²) < 4.78 is 0. The number of aromatic nitrogens is 2. The zero-order chi connectivity index (χ0) is 14.9. The molecular formula is C15H23N3O2. The Balaban J connectivity index is 2.28. The van der Waals surface area contributed by atoms with E-state index >= 15 is 0 Å². The van der Waals surface area contributed by atoms with E-state index in [0.29, 0.717) is 36.5 Å². The van der Waals surface area contributed by atoms with Gasteiger partial charge in [0.1, 0.15) is 6.33 Å². The van der Waals surface area contributed by atoms with E-state index in [1.54, 1.807) is 0 Å². The Morgan fingerprint density at radius 2 is 1.95 bits per heavy atom. The second-order valence-corrected chi connectivity index (χ2v) is 6.46. The number of likely N-dealkylation sites (tertiary alicyclic amines) is 1. The minimum Gasteiger partial charge on any atom is -0.393 e. The van der Waals surface area contributed by atoms with Crippen LogP contribution >= 0.6 is 0 Å². The van der Waals surface area contributed by atoms with Gasteiger partial charge in [0, 0.05) is 13.1 Å². The number of aliphatic hydroxyl groups excluding tert-OH is 1. The summed E-state index contributed by atoms with van der Waals surface area (Å²) in [5, 5.41) is 9.94. The van der Waals surface area contributed by atoms with Crippen LogP contribution in [-0.4, -0.2) is 45.1 Å². The zero-order valence-electron chi connectivity index (χ0n) is 12.7. The third-order valence-corrected chi connectivity index (χ3v) is 3.87. The van der Waals surface area contributed by atoms with E-state index in [0.717, 1.165) is 6.42 Å². The summed E-state index contributed by atoms with van der Waals surface area (Å²) in [5.41, 5.74) is 1.94. The van der Waals surface area contributed by atoms with Crippen LogP contribution in [0.4, 0.5) is 0 Å². The summed E-state index contributed by atoms with van der Waals surface area (Å²) in [6, 6.07) is 0. The first-order chi connectivity index (χ1) is 9.30. The minimum absolute atomic E-state index is 0.0252. The molecule has 1 aliphatic heterocycles. The standard InChI is InChI=1S/C15H23N3O2/c1-10-13(11(2)17-9-16-10)14(20)18-6-5-12(19)7-15(3,4)8-18/h9,12,19H,5-8H2,1-4H3. The van der Waals surface area contributed by atoms with Gasteiger partial charge < -0.3 is 10.0 Å². The first-order valence-electron chi connectivity index (χ1n) is 7.06. The van der Waals surface area contributed by atoms with E-state index in [1.165, 1.54) is 6.33 Å². The van der Waals surface area contributed by atoms with E-state index in [4.69, 9.17) is 0 Å². The lowest BCUT2D eigenvalue weighted by molar-refractivity contribution is 0.0702. The molecule has 1 fully saturated rings. The third kappa shape index (κ3) is 3.15. The molecule has 1 saturated heterocycles. The summed E-state index contributed by atoms with van der Waals surface area (Å²) in [4.78, 5) is 22.8. The van der Waals surface area contributed by atoms with Gasteiger partial charge in [0.2, 0.25) is 0 Å². The van der Waals surface area contributed by atoms with Crippen LogP contribution in [0.15, 0.2) is 6.33 Å². The van der Waals surface area contributed by atoms with Crippen LogP contribution in [0.5, 0.6) is 0 Å². The maximum atomic E-state index is 12.8. The van der Waals surface area contributed by atoms with Gasteiger partial charge in [-0.05, 0) is 32.1 Å². The lowest BCUT2D eigenvalue weighted by atomic mass is 9.87. The fourth-order valence-corrected chi connectivity index (χ4v) is 2.94. The topological polar surface area (TPSA) is 66.3 Å². The molecule has 0 aliphatic carbocycles. The van der Waals surface area contributed by atoms with Gasteiger partial charge >= 0.3 is 0 Å². The smallest absolute Gasteiger partial charge is 0.257 e. The molecule has 1 aromatic rings. The van der Waals surface area contributed by atoms with E-state index in [9.17, 15) is 9.90 Å². The lowest BCUT2D eigenvalue weighted by Crippen LogP contribution is -2.38.